The third kappa shape index (κ3) is 12.1. The van der Waals surface area contributed by atoms with Crippen LogP contribution < -0.4 is 0 Å². The number of carbonyl (C=O) groups is 8. The summed E-state index contributed by atoms with van der Waals surface area (Å²) in [6.45, 7) is 7.09. The Hall–Kier alpha value is -4.36. The van der Waals surface area contributed by atoms with Gasteiger partial charge in [-0.3, -0.25) is 38.4 Å². The van der Waals surface area contributed by atoms with Crippen molar-refractivity contribution in [2.45, 2.75) is 117 Å². The highest BCUT2D eigenvalue weighted by molar-refractivity contribution is 5.70. The number of hydrogen-bond donors (Lipinski definition) is 0. The molecule has 0 bridgehead atoms. The van der Waals surface area contributed by atoms with Gasteiger partial charge in [-0.2, -0.15) is 0 Å². The third-order valence-electron chi connectivity index (χ3n) is 6.15. The molecular weight excluding hydrogens is 640 g/mol. The fraction of sp³-hybridized carbons (Fsp3) is 0.714. The molecule has 47 heavy (non-hydrogen) atoms. The van der Waals surface area contributed by atoms with Gasteiger partial charge in [-0.15, -0.1) is 0 Å². The van der Waals surface area contributed by atoms with E-state index in [4.69, 9.17) is 52.1 Å². The van der Waals surface area contributed by atoms with Crippen LogP contribution in [0.4, 0.5) is 0 Å². The zero-order chi connectivity index (χ0) is 35.6. The Bertz CT molecular complexity index is 1200. The summed E-state index contributed by atoms with van der Waals surface area (Å²) in [4.78, 5) is 95.9. The fourth-order valence-corrected chi connectivity index (χ4v) is 4.76. The molecule has 19 heteroatoms. The lowest BCUT2D eigenvalue weighted by molar-refractivity contribution is -0.331. The van der Waals surface area contributed by atoms with Gasteiger partial charge in [0.05, 0.1) is 6.61 Å². The normalized spacial score (nSPS) is 30.0. The van der Waals surface area contributed by atoms with E-state index in [1.54, 1.807) is 0 Å². The summed E-state index contributed by atoms with van der Waals surface area (Å²) in [5.74, 6) is -6.93. The van der Waals surface area contributed by atoms with Crippen molar-refractivity contribution in [1.82, 2.24) is 0 Å². The quantitative estimate of drug-likeness (QED) is 0.181. The average molecular weight is 679 g/mol. The predicted molar refractivity (Wildman–Crippen MR) is 145 cm³/mol. The maximum absolute atomic E-state index is 12.1. The van der Waals surface area contributed by atoms with Gasteiger partial charge in [0.1, 0.15) is 18.8 Å². The van der Waals surface area contributed by atoms with E-state index in [-0.39, 0.29) is 0 Å². The molecule has 2 aliphatic heterocycles. The highest BCUT2D eigenvalue weighted by Gasteiger charge is 2.56. The second-order valence-electron chi connectivity index (χ2n) is 10.3. The van der Waals surface area contributed by atoms with Gasteiger partial charge >= 0.3 is 47.8 Å². The molecule has 0 aromatic carbocycles. The van der Waals surface area contributed by atoms with Crippen LogP contribution in [0.1, 0.15) is 55.4 Å². The highest BCUT2D eigenvalue weighted by atomic mass is 16.8. The number of hydrogen-bond acceptors (Lipinski definition) is 19. The first kappa shape index (κ1) is 38.8. The SMILES string of the molecule is CC(=O)OC[C@H]1O[C@@H](OC[C@H]2O[C@@H](OC(C)=O)[C@H](OC(C)=O)[C@H](OC(C)=O)[C@@H]2OC(C)=O)[C@H](OC(C)=O)[C@H](OC(C)=O)[C@@H]1OC(C)=O. The molecule has 0 aromatic rings. The standard InChI is InChI=1S/C28H38O19/c1-11(29)37-9-19-21(39-12(2)30)23(41-14(4)32)25(43-16(6)34)27(46-19)38-10-20-22(40-13(3)31)24(42-15(5)33)26(44-17(7)35)28(47-20)45-18(8)36/h19-28H,9-10H2,1-8H3/t19-,20-,21-,22-,23-,24-,25-,26-,27-,28-/m1/s1. The minimum atomic E-state index is -1.71. The second kappa shape index (κ2) is 17.5. The molecule has 2 aliphatic rings. The van der Waals surface area contributed by atoms with Gasteiger partial charge < -0.3 is 52.1 Å². The van der Waals surface area contributed by atoms with E-state index in [9.17, 15) is 38.4 Å². The highest BCUT2D eigenvalue weighted by Crippen LogP contribution is 2.33. The van der Waals surface area contributed by atoms with E-state index in [1.807, 2.05) is 0 Å². The van der Waals surface area contributed by atoms with Crippen LogP contribution in [0.25, 0.3) is 0 Å². The first-order valence-corrected chi connectivity index (χ1v) is 14.2. The van der Waals surface area contributed by atoms with Crippen LogP contribution in [0.5, 0.6) is 0 Å². The lowest BCUT2D eigenvalue weighted by Gasteiger charge is -2.46. The van der Waals surface area contributed by atoms with E-state index in [1.165, 1.54) is 0 Å². The minimum absolute atomic E-state index is 0.541. The summed E-state index contributed by atoms with van der Waals surface area (Å²) in [6.07, 6.45) is -15.6. The van der Waals surface area contributed by atoms with E-state index >= 15 is 0 Å². The van der Waals surface area contributed by atoms with Crippen molar-refractivity contribution in [3.05, 3.63) is 0 Å². The topological polar surface area (TPSA) is 238 Å². The molecule has 10 atom stereocenters. The van der Waals surface area contributed by atoms with E-state index in [0.717, 1.165) is 55.4 Å². The Balaban J connectivity index is 2.56. The van der Waals surface area contributed by atoms with Crippen LogP contribution >= 0.6 is 0 Å². The lowest BCUT2D eigenvalue weighted by Crippen LogP contribution is -2.65. The van der Waals surface area contributed by atoms with Gasteiger partial charge in [-0.1, -0.05) is 0 Å². The van der Waals surface area contributed by atoms with Gasteiger partial charge in [0.15, 0.2) is 36.8 Å². The third-order valence-corrected chi connectivity index (χ3v) is 6.15. The summed E-state index contributed by atoms with van der Waals surface area (Å²) in [6, 6.07) is 0. The molecule has 0 aromatic heterocycles. The number of carbonyl (C=O) groups excluding carboxylic acids is 8. The van der Waals surface area contributed by atoms with Crippen LogP contribution in [0.2, 0.25) is 0 Å². The fourth-order valence-electron chi connectivity index (χ4n) is 4.76. The zero-order valence-corrected chi connectivity index (χ0v) is 26.9. The van der Waals surface area contributed by atoms with Crippen molar-refractivity contribution in [3.63, 3.8) is 0 Å². The van der Waals surface area contributed by atoms with Crippen molar-refractivity contribution < 1.29 is 90.5 Å². The molecule has 19 nitrogen and oxygen atoms in total. The van der Waals surface area contributed by atoms with Crippen LogP contribution in [0.15, 0.2) is 0 Å². The molecule has 0 radical (unpaired) electrons. The number of ether oxygens (including phenoxy) is 11. The van der Waals surface area contributed by atoms with E-state index < -0.39 is 122 Å². The largest absolute Gasteiger partial charge is 0.463 e. The van der Waals surface area contributed by atoms with Crippen LogP contribution in [-0.2, 0) is 90.5 Å². The summed E-state index contributed by atoms with van der Waals surface area (Å²) in [7, 11) is 0. The van der Waals surface area contributed by atoms with Gasteiger partial charge in [0.2, 0.25) is 12.4 Å². The van der Waals surface area contributed by atoms with Crippen molar-refractivity contribution in [3.8, 4) is 0 Å². The van der Waals surface area contributed by atoms with Crippen LogP contribution in [-0.4, -0.2) is 122 Å². The smallest absolute Gasteiger partial charge is 0.305 e. The predicted octanol–water partition coefficient (Wildman–Crippen LogP) is -0.831. The number of rotatable bonds is 12. The Morgan fingerprint density at radius 2 is 0.702 bits per heavy atom. The summed E-state index contributed by atoms with van der Waals surface area (Å²) in [5.41, 5.74) is 0. The first-order valence-electron chi connectivity index (χ1n) is 14.2. The summed E-state index contributed by atoms with van der Waals surface area (Å²) in [5, 5.41) is 0. The molecule has 264 valence electrons. The molecule has 0 amide bonds. The zero-order valence-electron chi connectivity index (χ0n) is 26.9. The molecule has 0 aliphatic carbocycles. The van der Waals surface area contributed by atoms with Gasteiger partial charge in [0.25, 0.3) is 0 Å². The minimum Gasteiger partial charge on any atom is -0.463 e. The molecule has 2 heterocycles. The molecule has 0 saturated carbocycles. The molecular formula is C28H38O19. The maximum Gasteiger partial charge on any atom is 0.305 e. The average Bonchev–Trinajstić information content (AvgIpc) is 2.91. The molecule has 2 saturated heterocycles. The monoisotopic (exact) mass is 678 g/mol. The first-order chi connectivity index (χ1) is 21.9. The van der Waals surface area contributed by atoms with Crippen molar-refractivity contribution in [1.29, 1.82) is 0 Å². The summed E-state index contributed by atoms with van der Waals surface area (Å²) < 4.78 is 59.8. The van der Waals surface area contributed by atoms with Crippen LogP contribution in [0, 0.1) is 0 Å². The van der Waals surface area contributed by atoms with E-state index in [0.29, 0.717) is 0 Å². The van der Waals surface area contributed by atoms with Crippen molar-refractivity contribution >= 4 is 47.8 Å². The molecule has 2 rings (SSSR count). The lowest BCUT2D eigenvalue weighted by atomic mass is 9.97. The van der Waals surface area contributed by atoms with Crippen molar-refractivity contribution in [2.75, 3.05) is 13.2 Å². The van der Waals surface area contributed by atoms with Crippen molar-refractivity contribution in [2.24, 2.45) is 0 Å². The Kier molecular flexibility index (Phi) is 14.5. The maximum atomic E-state index is 12.1. The molecule has 0 unspecified atom stereocenters. The molecule has 0 spiro atoms. The van der Waals surface area contributed by atoms with Gasteiger partial charge in [0, 0.05) is 55.4 Å². The van der Waals surface area contributed by atoms with Crippen LogP contribution in [0.3, 0.4) is 0 Å². The van der Waals surface area contributed by atoms with E-state index in [2.05, 4.69) is 0 Å². The molecule has 2 fully saturated rings. The van der Waals surface area contributed by atoms with Gasteiger partial charge in [-0.25, -0.2) is 0 Å². The summed E-state index contributed by atoms with van der Waals surface area (Å²) >= 11 is 0. The number of esters is 8. The molecule has 0 N–H and O–H groups in total. The second-order valence-corrected chi connectivity index (χ2v) is 10.3. The van der Waals surface area contributed by atoms with Gasteiger partial charge in [-0.05, 0) is 0 Å². The Morgan fingerprint density at radius 3 is 1.09 bits per heavy atom. The Labute approximate surface area is 268 Å². The Morgan fingerprint density at radius 1 is 0.383 bits per heavy atom.